The van der Waals surface area contributed by atoms with Gasteiger partial charge < -0.3 is 10.1 Å². The van der Waals surface area contributed by atoms with E-state index in [0.717, 1.165) is 12.0 Å². The Balaban J connectivity index is 2.32. The van der Waals surface area contributed by atoms with Crippen LogP contribution < -0.4 is 10.6 Å². The number of carbonyl (C=O) groups excluding carboxylic acids is 1. The van der Waals surface area contributed by atoms with Crippen molar-refractivity contribution in [3.63, 3.8) is 0 Å². The van der Waals surface area contributed by atoms with Gasteiger partial charge in [0.15, 0.2) is 5.11 Å². The van der Waals surface area contributed by atoms with Gasteiger partial charge in [-0.15, -0.1) is 0 Å². The molecule has 20 heavy (non-hydrogen) atoms. The molecule has 0 saturated heterocycles. The Morgan fingerprint density at radius 3 is 2.75 bits per heavy atom. The summed E-state index contributed by atoms with van der Waals surface area (Å²) in [5.74, 6) is -0.274. The van der Waals surface area contributed by atoms with E-state index in [1.54, 1.807) is 25.3 Å². The number of hydrogen-bond acceptors (Lipinski definition) is 3. The fourth-order valence-corrected chi connectivity index (χ4v) is 1.69. The smallest absolute Gasteiger partial charge is 0.250 e. The van der Waals surface area contributed by atoms with Gasteiger partial charge >= 0.3 is 0 Å². The number of methoxy groups -OCH3 is 1. The van der Waals surface area contributed by atoms with Gasteiger partial charge in [0, 0.05) is 31.4 Å². The molecule has 0 aromatic heterocycles. The van der Waals surface area contributed by atoms with E-state index in [0.29, 0.717) is 23.3 Å². The van der Waals surface area contributed by atoms with E-state index in [2.05, 4.69) is 10.6 Å². The van der Waals surface area contributed by atoms with Gasteiger partial charge in [0.1, 0.15) is 0 Å². The lowest BCUT2D eigenvalue weighted by Crippen LogP contribution is -2.39. The molecule has 0 heterocycles. The zero-order chi connectivity index (χ0) is 14.8. The van der Waals surface area contributed by atoms with Crippen LogP contribution in [-0.2, 0) is 9.53 Å². The maximum atomic E-state index is 11.6. The molecule has 0 bridgehead atoms. The number of benzene rings is 1. The first kappa shape index (κ1) is 16.6. The highest BCUT2D eigenvalue weighted by atomic mass is 35.5. The quantitative estimate of drug-likeness (QED) is 0.481. The average molecular weight is 313 g/mol. The molecule has 0 atom stereocenters. The van der Waals surface area contributed by atoms with Crippen LogP contribution in [0.25, 0.3) is 6.08 Å². The van der Waals surface area contributed by atoms with Gasteiger partial charge in [-0.05, 0) is 42.4 Å². The van der Waals surface area contributed by atoms with Crippen LogP contribution in [0.1, 0.15) is 12.0 Å². The van der Waals surface area contributed by atoms with E-state index in [1.807, 2.05) is 12.1 Å². The maximum Gasteiger partial charge on any atom is 0.250 e. The van der Waals surface area contributed by atoms with Crippen molar-refractivity contribution in [2.45, 2.75) is 6.42 Å². The highest BCUT2D eigenvalue weighted by Crippen LogP contribution is 2.10. The Labute approximate surface area is 129 Å². The van der Waals surface area contributed by atoms with Crippen LogP contribution in [0.3, 0.4) is 0 Å². The second-order valence-corrected chi connectivity index (χ2v) is 4.82. The summed E-state index contributed by atoms with van der Waals surface area (Å²) in [5.41, 5.74) is 0.892. The summed E-state index contributed by atoms with van der Waals surface area (Å²) in [4.78, 5) is 11.6. The number of nitrogens with one attached hydrogen (secondary N) is 2. The Kier molecular flexibility index (Phi) is 7.87. The van der Waals surface area contributed by atoms with Crippen LogP contribution in [0.5, 0.6) is 0 Å². The number of carbonyl (C=O) groups is 1. The molecular weight excluding hydrogens is 296 g/mol. The van der Waals surface area contributed by atoms with Crippen molar-refractivity contribution in [3.8, 4) is 0 Å². The molecule has 0 spiro atoms. The number of ether oxygens (including phenoxy) is 1. The molecule has 0 aliphatic heterocycles. The van der Waals surface area contributed by atoms with E-state index in [1.165, 1.54) is 6.08 Å². The molecule has 1 aromatic rings. The number of halogens is 1. The number of hydrogen-bond donors (Lipinski definition) is 2. The van der Waals surface area contributed by atoms with Crippen molar-refractivity contribution in [2.24, 2.45) is 0 Å². The Morgan fingerprint density at radius 1 is 1.40 bits per heavy atom. The van der Waals surface area contributed by atoms with Crippen molar-refractivity contribution in [3.05, 3.63) is 40.9 Å². The van der Waals surface area contributed by atoms with Gasteiger partial charge in [0.2, 0.25) is 5.91 Å². The lowest BCUT2D eigenvalue weighted by molar-refractivity contribution is -0.115. The molecule has 0 unspecified atom stereocenters. The molecule has 0 fully saturated rings. The number of thiocarbonyl (C=S) groups is 1. The summed E-state index contributed by atoms with van der Waals surface area (Å²) < 4.78 is 4.91. The molecule has 0 aliphatic carbocycles. The Morgan fingerprint density at radius 2 is 2.10 bits per heavy atom. The molecule has 1 aromatic carbocycles. The van der Waals surface area contributed by atoms with Gasteiger partial charge in [0.25, 0.3) is 0 Å². The lowest BCUT2D eigenvalue weighted by Gasteiger charge is -2.07. The van der Waals surface area contributed by atoms with E-state index < -0.39 is 0 Å². The Bertz CT molecular complexity index is 475. The minimum Gasteiger partial charge on any atom is -0.385 e. The summed E-state index contributed by atoms with van der Waals surface area (Å²) in [7, 11) is 1.64. The minimum atomic E-state index is -0.274. The third-order valence-corrected chi connectivity index (χ3v) is 2.84. The fourth-order valence-electron chi connectivity index (χ4n) is 1.36. The molecule has 0 aliphatic rings. The van der Waals surface area contributed by atoms with E-state index in [4.69, 9.17) is 28.6 Å². The minimum absolute atomic E-state index is 0.274. The van der Waals surface area contributed by atoms with Crippen molar-refractivity contribution in [2.75, 3.05) is 20.3 Å². The highest BCUT2D eigenvalue weighted by molar-refractivity contribution is 7.80. The lowest BCUT2D eigenvalue weighted by atomic mass is 10.2. The molecule has 0 radical (unpaired) electrons. The molecular formula is C14H17ClN2O2S. The van der Waals surface area contributed by atoms with Crippen molar-refractivity contribution >= 4 is 40.9 Å². The van der Waals surface area contributed by atoms with Crippen molar-refractivity contribution < 1.29 is 9.53 Å². The first-order chi connectivity index (χ1) is 9.61. The molecule has 1 rings (SSSR count). The molecule has 2 N–H and O–H groups in total. The maximum absolute atomic E-state index is 11.6. The second kappa shape index (κ2) is 9.47. The van der Waals surface area contributed by atoms with E-state index in [9.17, 15) is 4.79 Å². The molecule has 1 amide bonds. The van der Waals surface area contributed by atoms with E-state index >= 15 is 0 Å². The molecule has 108 valence electrons. The second-order valence-electron chi connectivity index (χ2n) is 3.98. The monoisotopic (exact) mass is 312 g/mol. The van der Waals surface area contributed by atoms with Crippen molar-refractivity contribution in [1.29, 1.82) is 0 Å². The molecule has 4 nitrogen and oxygen atoms in total. The summed E-state index contributed by atoms with van der Waals surface area (Å²) in [6, 6.07) is 7.18. The SMILES string of the molecule is COCCCNC(=S)NC(=O)/C=C/c1ccc(Cl)cc1. The fraction of sp³-hybridized carbons (Fsp3) is 0.286. The summed E-state index contributed by atoms with van der Waals surface area (Å²) in [6.45, 7) is 1.31. The third kappa shape index (κ3) is 7.23. The summed E-state index contributed by atoms with van der Waals surface area (Å²) in [6.07, 6.45) is 3.94. The zero-order valence-electron chi connectivity index (χ0n) is 11.2. The first-order valence-corrected chi connectivity index (χ1v) is 6.92. The zero-order valence-corrected chi connectivity index (χ0v) is 12.8. The standard InChI is InChI=1S/C14H17ClN2O2S/c1-19-10-2-9-16-14(20)17-13(18)8-5-11-3-6-12(15)7-4-11/h3-8H,2,9-10H2,1H3,(H2,16,17,18,20)/b8-5+. The van der Waals surface area contributed by atoms with Crippen molar-refractivity contribution in [1.82, 2.24) is 10.6 Å². The number of amides is 1. The highest BCUT2D eigenvalue weighted by Gasteiger charge is 1.99. The van der Waals surface area contributed by atoms with Crippen LogP contribution in [0.2, 0.25) is 5.02 Å². The van der Waals surface area contributed by atoms with Crippen LogP contribution in [0.15, 0.2) is 30.3 Å². The van der Waals surface area contributed by atoms with Crippen LogP contribution >= 0.6 is 23.8 Å². The van der Waals surface area contributed by atoms with Crippen LogP contribution in [0.4, 0.5) is 0 Å². The largest absolute Gasteiger partial charge is 0.385 e. The summed E-state index contributed by atoms with van der Waals surface area (Å²) >= 11 is 10.8. The predicted molar refractivity (Wildman–Crippen MR) is 85.7 cm³/mol. The normalized spacial score (nSPS) is 10.5. The molecule has 0 saturated carbocycles. The predicted octanol–water partition coefficient (Wildman–Crippen LogP) is 2.38. The van der Waals surface area contributed by atoms with Gasteiger partial charge in [-0.2, -0.15) is 0 Å². The Hall–Kier alpha value is -1.43. The topological polar surface area (TPSA) is 50.4 Å². The summed E-state index contributed by atoms with van der Waals surface area (Å²) in [5, 5.41) is 6.46. The van der Waals surface area contributed by atoms with E-state index in [-0.39, 0.29) is 5.91 Å². The van der Waals surface area contributed by atoms with Crippen LogP contribution in [-0.4, -0.2) is 31.3 Å². The van der Waals surface area contributed by atoms with Crippen LogP contribution in [0, 0.1) is 0 Å². The first-order valence-electron chi connectivity index (χ1n) is 6.13. The van der Waals surface area contributed by atoms with Gasteiger partial charge in [-0.25, -0.2) is 0 Å². The van der Waals surface area contributed by atoms with Gasteiger partial charge in [-0.1, -0.05) is 23.7 Å². The molecule has 6 heteroatoms. The number of rotatable bonds is 6. The average Bonchev–Trinajstić information content (AvgIpc) is 2.43. The third-order valence-electron chi connectivity index (χ3n) is 2.34. The van der Waals surface area contributed by atoms with Gasteiger partial charge in [-0.3, -0.25) is 10.1 Å². The van der Waals surface area contributed by atoms with Gasteiger partial charge in [0.05, 0.1) is 0 Å².